The summed E-state index contributed by atoms with van der Waals surface area (Å²) in [5, 5.41) is 12.9. The number of carbonyl (C=O) groups is 1. The van der Waals surface area contributed by atoms with E-state index >= 15 is 0 Å². The average molecular weight is 560 g/mol. The highest BCUT2D eigenvalue weighted by atomic mass is 79.9. The van der Waals surface area contributed by atoms with E-state index in [4.69, 9.17) is 0 Å². The number of benzene rings is 2. The molecule has 3 N–H and O–H groups in total. The van der Waals surface area contributed by atoms with Crippen molar-refractivity contribution in [3.05, 3.63) is 76.5 Å². The van der Waals surface area contributed by atoms with E-state index in [1.807, 2.05) is 0 Å². The molecule has 0 aliphatic rings. The summed E-state index contributed by atoms with van der Waals surface area (Å²) in [5.41, 5.74) is 0.992. The van der Waals surface area contributed by atoms with Crippen molar-refractivity contribution in [1.82, 2.24) is 4.68 Å². The van der Waals surface area contributed by atoms with Gasteiger partial charge in [-0.25, -0.2) is 14.9 Å². The second-order valence-electron chi connectivity index (χ2n) is 5.34. The maximum absolute atomic E-state index is 12.4. The summed E-state index contributed by atoms with van der Waals surface area (Å²) >= 11 is 10.1. The Bertz CT molecular complexity index is 1190. The zero-order valence-electron chi connectivity index (χ0n) is 13.3. The van der Waals surface area contributed by atoms with Gasteiger partial charge in [-0.3, -0.25) is 9.59 Å². The fraction of sp³-hybridized carbons (Fsp3) is 0. The number of aromatic hydroxyl groups is 1. The van der Waals surface area contributed by atoms with Gasteiger partial charge in [-0.15, -0.1) is 0 Å². The number of anilines is 1. The molecule has 0 saturated heterocycles. The molecule has 0 aliphatic carbocycles. The second-order valence-corrected chi connectivity index (χ2v) is 7.78. The van der Waals surface area contributed by atoms with Gasteiger partial charge in [0.2, 0.25) is 5.43 Å². The smallest absolute Gasteiger partial charge is 0.338 e. The van der Waals surface area contributed by atoms with Crippen LogP contribution in [0.1, 0.15) is 0 Å². The van der Waals surface area contributed by atoms with E-state index in [-0.39, 0.29) is 16.7 Å². The van der Waals surface area contributed by atoms with Crippen LogP contribution >= 0.6 is 47.8 Å². The molecule has 0 aliphatic heterocycles. The van der Waals surface area contributed by atoms with Crippen LogP contribution in [0.4, 0.5) is 10.5 Å². The van der Waals surface area contributed by atoms with Crippen molar-refractivity contribution < 1.29 is 9.90 Å². The summed E-state index contributed by atoms with van der Waals surface area (Å²) in [7, 11) is 0. The minimum Gasteiger partial charge on any atom is -0.507 e. The average Bonchev–Trinajstić information content (AvgIpc) is 2.73. The Morgan fingerprint density at radius 2 is 1.70 bits per heavy atom. The third kappa shape index (κ3) is 3.92. The van der Waals surface area contributed by atoms with Gasteiger partial charge in [-0.2, -0.15) is 0 Å². The molecule has 0 atom stereocenters. The molecule has 10 heteroatoms. The normalized spacial score (nSPS) is 10.6. The number of urea groups is 1. The number of rotatable bonds is 2. The number of carbonyl (C=O) groups excluding carboxylic acids is 1. The van der Waals surface area contributed by atoms with Gasteiger partial charge in [0.1, 0.15) is 5.75 Å². The number of para-hydroxylation sites is 1. The van der Waals surface area contributed by atoms with E-state index in [2.05, 4.69) is 58.5 Å². The zero-order chi connectivity index (χ0) is 19.7. The van der Waals surface area contributed by atoms with Crippen LogP contribution in [0.3, 0.4) is 0 Å². The lowest BCUT2D eigenvalue weighted by molar-refractivity contribution is 0.260. The molecule has 27 heavy (non-hydrogen) atoms. The molecular weight excluding hydrogens is 550 g/mol. The lowest BCUT2D eigenvalue weighted by Gasteiger charge is -2.12. The number of nitrogens with zero attached hydrogens (tertiary/aromatic N) is 1. The van der Waals surface area contributed by atoms with Crippen LogP contribution in [0.25, 0.3) is 10.9 Å². The number of fused-ring (bicyclic) bond motifs is 1. The standard InChI is InChI=1S/C17H10Br3N3O4/c18-9-5-6-10(15(20)14(9)19)21-17(27)22-23-11-4-2-1-3-8(11)12(24)7-13(25)16(23)26/h1-7,24H,(H2,21,22,27). The molecule has 0 spiro atoms. The fourth-order valence-corrected chi connectivity index (χ4v) is 3.74. The molecule has 3 aromatic rings. The first-order valence-electron chi connectivity index (χ1n) is 7.39. The molecule has 138 valence electrons. The van der Waals surface area contributed by atoms with Crippen molar-refractivity contribution in [2.45, 2.75) is 0 Å². The van der Waals surface area contributed by atoms with Crippen LogP contribution in [0.15, 0.2) is 65.5 Å². The summed E-state index contributed by atoms with van der Waals surface area (Å²) < 4.78 is 2.86. The Hall–Kier alpha value is -2.17. The van der Waals surface area contributed by atoms with Crippen LogP contribution in [0.2, 0.25) is 0 Å². The Morgan fingerprint density at radius 1 is 1.00 bits per heavy atom. The van der Waals surface area contributed by atoms with Crippen LogP contribution < -0.4 is 21.7 Å². The maximum atomic E-state index is 12.4. The van der Waals surface area contributed by atoms with E-state index in [0.717, 1.165) is 15.2 Å². The van der Waals surface area contributed by atoms with E-state index in [0.29, 0.717) is 14.6 Å². The zero-order valence-corrected chi connectivity index (χ0v) is 18.1. The quantitative estimate of drug-likeness (QED) is 0.325. The Labute approximate surface area is 177 Å². The van der Waals surface area contributed by atoms with Crippen LogP contribution in [-0.4, -0.2) is 15.8 Å². The number of amides is 2. The van der Waals surface area contributed by atoms with Gasteiger partial charge >= 0.3 is 11.6 Å². The fourth-order valence-electron chi connectivity index (χ4n) is 2.35. The highest BCUT2D eigenvalue weighted by Crippen LogP contribution is 2.36. The van der Waals surface area contributed by atoms with Gasteiger partial charge in [0, 0.05) is 20.4 Å². The lowest BCUT2D eigenvalue weighted by atomic mass is 10.2. The largest absolute Gasteiger partial charge is 0.507 e. The van der Waals surface area contributed by atoms with E-state index in [1.54, 1.807) is 24.3 Å². The number of nitrogens with one attached hydrogen (secondary N) is 2. The molecule has 0 unspecified atom stereocenters. The summed E-state index contributed by atoms with van der Waals surface area (Å²) in [5.74, 6) is -0.353. The molecule has 2 amide bonds. The first kappa shape index (κ1) is 19.6. The maximum Gasteiger partial charge on any atom is 0.338 e. The predicted octanol–water partition coefficient (Wildman–Crippen LogP) is 4.13. The van der Waals surface area contributed by atoms with Gasteiger partial charge in [0.25, 0.3) is 0 Å². The van der Waals surface area contributed by atoms with Crippen molar-refractivity contribution in [1.29, 1.82) is 0 Å². The van der Waals surface area contributed by atoms with Gasteiger partial charge in [-0.1, -0.05) is 12.1 Å². The minimum atomic E-state index is -1.00. The molecule has 0 fully saturated rings. The molecule has 1 aromatic heterocycles. The molecule has 7 nitrogen and oxygen atoms in total. The third-order valence-corrected chi connectivity index (χ3v) is 6.97. The summed E-state index contributed by atoms with van der Waals surface area (Å²) in [6, 6.07) is 9.73. The first-order chi connectivity index (χ1) is 12.8. The van der Waals surface area contributed by atoms with Gasteiger partial charge in [0.05, 0.1) is 15.7 Å². The highest BCUT2D eigenvalue weighted by molar-refractivity contribution is 9.14. The van der Waals surface area contributed by atoms with Gasteiger partial charge in [0.15, 0.2) is 0 Å². The Morgan fingerprint density at radius 3 is 2.44 bits per heavy atom. The van der Waals surface area contributed by atoms with Crippen molar-refractivity contribution >= 4 is 70.4 Å². The monoisotopic (exact) mass is 557 g/mol. The number of aromatic nitrogens is 1. The van der Waals surface area contributed by atoms with Crippen LogP contribution in [0.5, 0.6) is 5.75 Å². The summed E-state index contributed by atoms with van der Waals surface area (Å²) in [6.07, 6.45) is 0. The summed E-state index contributed by atoms with van der Waals surface area (Å²) in [4.78, 5) is 36.8. The third-order valence-electron chi connectivity index (χ3n) is 3.60. The Kier molecular flexibility index (Phi) is 5.68. The molecule has 0 bridgehead atoms. The molecule has 0 saturated carbocycles. The van der Waals surface area contributed by atoms with Crippen molar-refractivity contribution in [2.24, 2.45) is 0 Å². The molecule has 2 aromatic carbocycles. The molecule has 0 radical (unpaired) electrons. The SMILES string of the molecule is O=C(Nc1ccc(Br)c(Br)c1Br)Nn1c(=O)c(=O)cc(O)c2ccccc21. The number of hydrogen-bond acceptors (Lipinski definition) is 4. The van der Waals surface area contributed by atoms with Crippen molar-refractivity contribution in [3.8, 4) is 5.75 Å². The first-order valence-corrected chi connectivity index (χ1v) is 9.77. The molecule has 3 rings (SSSR count). The molecule has 1 heterocycles. The Balaban J connectivity index is 2.05. The van der Waals surface area contributed by atoms with Crippen LogP contribution in [0, 0.1) is 0 Å². The predicted molar refractivity (Wildman–Crippen MR) is 114 cm³/mol. The van der Waals surface area contributed by atoms with Crippen molar-refractivity contribution in [3.63, 3.8) is 0 Å². The number of hydrogen-bond donors (Lipinski definition) is 3. The van der Waals surface area contributed by atoms with E-state index in [9.17, 15) is 19.5 Å². The lowest BCUT2D eigenvalue weighted by Crippen LogP contribution is -2.40. The van der Waals surface area contributed by atoms with Gasteiger partial charge in [-0.05, 0) is 72.1 Å². The van der Waals surface area contributed by atoms with E-state index < -0.39 is 17.0 Å². The van der Waals surface area contributed by atoms with Crippen LogP contribution in [-0.2, 0) is 0 Å². The topological polar surface area (TPSA) is 100 Å². The van der Waals surface area contributed by atoms with Crippen molar-refractivity contribution in [2.75, 3.05) is 10.7 Å². The highest BCUT2D eigenvalue weighted by Gasteiger charge is 2.13. The summed E-state index contributed by atoms with van der Waals surface area (Å²) in [6.45, 7) is 0. The van der Waals surface area contributed by atoms with Gasteiger partial charge < -0.3 is 10.4 Å². The number of halogens is 3. The molecular formula is C17H10Br3N3O4. The second kappa shape index (κ2) is 7.83. The van der Waals surface area contributed by atoms with E-state index in [1.165, 1.54) is 12.1 Å². The minimum absolute atomic E-state index is 0.174.